The molecule has 0 saturated carbocycles. The number of rotatable bonds is 2. The molecule has 5 nitrogen and oxygen atoms in total. The van der Waals surface area contributed by atoms with Crippen LogP contribution in [0.3, 0.4) is 0 Å². The summed E-state index contributed by atoms with van der Waals surface area (Å²) in [6.07, 6.45) is -5.30. The van der Waals surface area contributed by atoms with Gasteiger partial charge in [-0.2, -0.15) is 17.5 Å². The molecule has 1 amide bonds. The number of alkyl halides is 3. The number of carbonyl (C=O) groups is 1. The number of benzene rings is 1. The van der Waals surface area contributed by atoms with Crippen molar-refractivity contribution in [1.82, 2.24) is 14.3 Å². The summed E-state index contributed by atoms with van der Waals surface area (Å²) in [5, 5.41) is 9.64. The number of amides is 1. The standard InChI is InChI=1S/C14H12F3N3O2S/c15-14(16,17)13(22)6-7-20(8-13)12(21)11-18-10(19-23-11)9-4-2-1-3-5-9/h1-5,22H,6-8H2. The van der Waals surface area contributed by atoms with Crippen molar-refractivity contribution in [1.29, 1.82) is 0 Å². The third-order valence-electron chi connectivity index (χ3n) is 3.70. The molecule has 1 saturated heterocycles. The fraction of sp³-hybridized carbons (Fsp3) is 0.357. The topological polar surface area (TPSA) is 66.3 Å². The predicted octanol–water partition coefficient (Wildman–Crippen LogP) is 2.34. The van der Waals surface area contributed by atoms with Crippen LogP contribution in [-0.2, 0) is 0 Å². The van der Waals surface area contributed by atoms with Gasteiger partial charge in [-0.25, -0.2) is 4.98 Å². The highest BCUT2D eigenvalue weighted by Gasteiger charge is 2.58. The molecule has 0 radical (unpaired) electrons. The first kappa shape index (κ1) is 15.9. The zero-order chi connectivity index (χ0) is 16.7. The van der Waals surface area contributed by atoms with Gasteiger partial charge in [-0.3, -0.25) is 4.79 Å². The Labute approximate surface area is 133 Å². The quantitative estimate of drug-likeness (QED) is 0.909. The fourth-order valence-corrected chi connectivity index (χ4v) is 3.00. The van der Waals surface area contributed by atoms with Gasteiger partial charge in [-0.05, 0) is 11.5 Å². The number of β-amino-alcohol motifs (C(OH)–C–C–N with tert-alkyl or cyclic N) is 1. The summed E-state index contributed by atoms with van der Waals surface area (Å²) in [5.74, 6) is -0.297. The van der Waals surface area contributed by atoms with Gasteiger partial charge < -0.3 is 10.0 Å². The van der Waals surface area contributed by atoms with E-state index >= 15 is 0 Å². The Kier molecular flexibility index (Phi) is 3.85. The zero-order valence-electron chi connectivity index (χ0n) is 11.7. The Morgan fingerprint density at radius 1 is 1.30 bits per heavy atom. The number of aliphatic hydroxyl groups is 1. The van der Waals surface area contributed by atoms with E-state index in [1.165, 1.54) is 0 Å². The molecular formula is C14H12F3N3O2S. The minimum Gasteiger partial charge on any atom is -0.379 e. The fourth-order valence-electron chi connectivity index (χ4n) is 2.35. The van der Waals surface area contributed by atoms with Crippen LogP contribution in [0.4, 0.5) is 13.2 Å². The highest BCUT2D eigenvalue weighted by atomic mass is 32.1. The van der Waals surface area contributed by atoms with Gasteiger partial charge in [0, 0.05) is 18.5 Å². The predicted molar refractivity (Wildman–Crippen MR) is 76.9 cm³/mol. The van der Waals surface area contributed by atoms with Gasteiger partial charge in [-0.1, -0.05) is 30.3 Å². The van der Waals surface area contributed by atoms with Crippen molar-refractivity contribution < 1.29 is 23.1 Å². The average Bonchev–Trinajstić information content (AvgIpc) is 3.14. The number of halogens is 3. The summed E-state index contributed by atoms with van der Waals surface area (Å²) in [4.78, 5) is 17.3. The van der Waals surface area contributed by atoms with Crippen molar-refractivity contribution >= 4 is 17.4 Å². The molecule has 0 aliphatic carbocycles. The van der Waals surface area contributed by atoms with E-state index in [1.807, 2.05) is 6.07 Å². The molecule has 1 atom stereocenters. The van der Waals surface area contributed by atoms with E-state index in [4.69, 9.17) is 0 Å². The maximum atomic E-state index is 12.8. The van der Waals surface area contributed by atoms with Crippen LogP contribution >= 0.6 is 11.5 Å². The molecule has 3 rings (SSSR count). The van der Waals surface area contributed by atoms with Gasteiger partial charge in [0.25, 0.3) is 5.91 Å². The molecule has 1 aromatic carbocycles. The van der Waals surface area contributed by atoms with Crippen LogP contribution in [0.5, 0.6) is 0 Å². The van der Waals surface area contributed by atoms with Gasteiger partial charge in [0.05, 0.1) is 6.54 Å². The summed E-state index contributed by atoms with van der Waals surface area (Å²) < 4.78 is 42.5. The maximum Gasteiger partial charge on any atom is 0.419 e. The number of aromatic nitrogens is 2. The van der Waals surface area contributed by atoms with E-state index < -0.39 is 30.7 Å². The maximum absolute atomic E-state index is 12.8. The molecule has 1 unspecified atom stereocenters. The molecule has 0 bridgehead atoms. The molecule has 1 fully saturated rings. The summed E-state index contributed by atoms with van der Waals surface area (Å²) in [6, 6.07) is 8.96. The number of nitrogens with zero attached hydrogens (tertiary/aromatic N) is 3. The summed E-state index contributed by atoms with van der Waals surface area (Å²) >= 11 is 0.832. The number of hydrogen-bond acceptors (Lipinski definition) is 5. The first-order valence-electron chi connectivity index (χ1n) is 6.78. The van der Waals surface area contributed by atoms with Crippen LogP contribution in [0.25, 0.3) is 11.4 Å². The molecule has 1 aromatic heterocycles. The zero-order valence-corrected chi connectivity index (χ0v) is 12.6. The lowest BCUT2D eigenvalue weighted by Gasteiger charge is -2.25. The Morgan fingerprint density at radius 2 is 2.00 bits per heavy atom. The molecule has 9 heteroatoms. The van der Waals surface area contributed by atoms with Crippen LogP contribution < -0.4 is 0 Å². The van der Waals surface area contributed by atoms with Crippen molar-refractivity contribution in [3.05, 3.63) is 35.3 Å². The lowest BCUT2D eigenvalue weighted by molar-refractivity contribution is -0.253. The largest absolute Gasteiger partial charge is 0.419 e. The second-order valence-electron chi connectivity index (χ2n) is 5.30. The van der Waals surface area contributed by atoms with Crippen LogP contribution in [0.15, 0.2) is 30.3 Å². The average molecular weight is 343 g/mol. The van der Waals surface area contributed by atoms with Gasteiger partial charge >= 0.3 is 6.18 Å². The van der Waals surface area contributed by atoms with E-state index in [0.29, 0.717) is 5.82 Å². The van der Waals surface area contributed by atoms with Crippen molar-refractivity contribution in [2.75, 3.05) is 13.1 Å². The van der Waals surface area contributed by atoms with E-state index in [2.05, 4.69) is 9.36 Å². The van der Waals surface area contributed by atoms with Gasteiger partial charge in [-0.15, -0.1) is 0 Å². The molecular weight excluding hydrogens is 331 g/mol. The van der Waals surface area contributed by atoms with Crippen molar-refractivity contribution in [3.63, 3.8) is 0 Å². The third-order valence-corrected chi connectivity index (χ3v) is 4.41. The lowest BCUT2D eigenvalue weighted by Crippen LogP contribution is -2.48. The highest BCUT2D eigenvalue weighted by Crippen LogP contribution is 2.38. The van der Waals surface area contributed by atoms with E-state index in [0.717, 1.165) is 22.0 Å². The molecule has 1 aliphatic heterocycles. The van der Waals surface area contributed by atoms with Crippen molar-refractivity contribution in [2.45, 2.75) is 18.2 Å². The third kappa shape index (κ3) is 2.93. The van der Waals surface area contributed by atoms with Crippen LogP contribution in [-0.4, -0.2) is 50.1 Å². The second-order valence-corrected chi connectivity index (χ2v) is 6.05. The SMILES string of the molecule is O=C(c1nc(-c2ccccc2)ns1)N1CCC(O)(C(F)(F)F)C1. The van der Waals surface area contributed by atoms with Crippen LogP contribution in [0, 0.1) is 0 Å². The Balaban J connectivity index is 1.77. The number of likely N-dealkylation sites (tertiary alicyclic amines) is 1. The molecule has 23 heavy (non-hydrogen) atoms. The summed E-state index contributed by atoms with van der Waals surface area (Å²) in [7, 11) is 0. The first-order valence-corrected chi connectivity index (χ1v) is 7.55. The molecule has 1 aliphatic rings. The highest BCUT2D eigenvalue weighted by molar-refractivity contribution is 7.07. The van der Waals surface area contributed by atoms with Crippen molar-refractivity contribution in [2.24, 2.45) is 0 Å². The van der Waals surface area contributed by atoms with E-state index in [9.17, 15) is 23.1 Å². The van der Waals surface area contributed by atoms with Gasteiger partial charge in [0.15, 0.2) is 11.4 Å². The molecule has 122 valence electrons. The van der Waals surface area contributed by atoms with Crippen molar-refractivity contribution in [3.8, 4) is 11.4 Å². The monoisotopic (exact) mass is 343 g/mol. The smallest absolute Gasteiger partial charge is 0.379 e. The van der Waals surface area contributed by atoms with E-state index in [-0.39, 0.29) is 11.6 Å². The van der Waals surface area contributed by atoms with Gasteiger partial charge in [0.1, 0.15) is 0 Å². The Bertz CT molecular complexity index is 720. The molecule has 2 aromatic rings. The molecule has 1 N–H and O–H groups in total. The molecule has 2 heterocycles. The Morgan fingerprint density at radius 3 is 2.61 bits per heavy atom. The van der Waals surface area contributed by atoms with Gasteiger partial charge in [0.2, 0.25) is 5.01 Å². The van der Waals surface area contributed by atoms with E-state index in [1.54, 1.807) is 24.3 Å². The number of carbonyl (C=O) groups excluding carboxylic acids is 1. The molecule has 0 spiro atoms. The Hall–Kier alpha value is -2.00. The summed E-state index contributed by atoms with van der Waals surface area (Å²) in [6.45, 7) is -0.954. The lowest BCUT2D eigenvalue weighted by atomic mass is 10.0. The first-order chi connectivity index (χ1) is 10.8. The number of hydrogen-bond donors (Lipinski definition) is 1. The second kappa shape index (κ2) is 5.57. The summed E-state index contributed by atoms with van der Waals surface area (Å²) in [5.41, 5.74) is -2.13. The van der Waals surface area contributed by atoms with Crippen LogP contribution in [0.2, 0.25) is 0 Å². The minimum absolute atomic E-state index is 0.00952. The minimum atomic E-state index is -4.77. The van der Waals surface area contributed by atoms with Crippen LogP contribution in [0.1, 0.15) is 16.2 Å². The normalized spacial score (nSPS) is 21.7.